The van der Waals surface area contributed by atoms with E-state index >= 15 is 0 Å². The minimum atomic E-state index is -0.205. The van der Waals surface area contributed by atoms with Crippen molar-refractivity contribution in [3.05, 3.63) is 24.3 Å². The summed E-state index contributed by atoms with van der Waals surface area (Å²) in [4.78, 5) is 10.9. The molecule has 1 saturated carbocycles. The van der Waals surface area contributed by atoms with Crippen molar-refractivity contribution in [3.63, 3.8) is 0 Å². The lowest BCUT2D eigenvalue weighted by atomic mass is 9.81. The smallest absolute Gasteiger partial charge is 0.303 e. The zero-order chi connectivity index (χ0) is 10.3. The predicted molar refractivity (Wildman–Crippen MR) is 54.7 cm³/mol. The Hall–Kier alpha value is -1.05. The van der Waals surface area contributed by atoms with Crippen molar-refractivity contribution < 1.29 is 9.53 Å². The Morgan fingerprint density at radius 2 is 2.43 bits per heavy atom. The molecule has 2 aliphatic carbocycles. The molecule has 14 heavy (non-hydrogen) atoms. The van der Waals surface area contributed by atoms with Crippen LogP contribution in [0, 0.1) is 11.3 Å². The van der Waals surface area contributed by atoms with Gasteiger partial charge >= 0.3 is 5.97 Å². The van der Waals surface area contributed by atoms with Crippen molar-refractivity contribution in [1.82, 2.24) is 0 Å². The fraction of sp³-hybridized carbons (Fsp3) is 0.583. The van der Waals surface area contributed by atoms with Crippen LogP contribution in [0.25, 0.3) is 0 Å². The topological polar surface area (TPSA) is 26.3 Å². The number of hydrogen-bond donors (Lipinski definition) is 0. The van der Waals surface area contributed by atoms with Crippen LogP contribution in [0.3, 0.4) is 0 Å². The summed E-state index contributed by atoms with van der Waals surface area (Å²) in [6.45, 7) is 7.75. The number of carbonyl (C=O) groups excluding carboxylic acids is 1. The Morgan fingerprint density at radius 1 is 1.71 bits per heavy atom. The molecule has 0 heterocycles. The van der Waals surface area contributed by atoms with E-state index in [1.807, 2.05) is 6.08 Å². The van der Waals surface area contributed by atoms with Crippen molar-refractivity contribution in [1.29, 1.82) is 0 Å². The van der Waals surface area contributed by atoms with Gasteiger partial charge in [0, 0.05) is 12.8 Å². The summed E-state index contributed by atoms with van der Waals surface area (Å²) in [5.74, 6) is 0.106. The summed E-state index contributed by atoms with van der Waals surface area (Å²) in [6, 6.07) is 0. The molecular weight excluding hydrogens is 176 g/mol. The van der Waals surface area contributed by atoms with Gasteiger partial charge in [-0.2, -0.15) is 0 Å². The molecule has 0 saturated heterocycles. The normalized spacial score (nSPS) is 40.0. The van der Waals surface area contributed by atoms with Crippen LogP contribution in [0.5, 0.6) is 0 Å². The molecule has 2 nitrogen and oxygen atoms in total. The number of carbonyl (C=O) groups is 1. The molecule has 0 amide bonds. The maximum atomic E-state index is 10.9. The average Bonchev–Trinajstić information content (AvgIpc) is 2.53. The van der Waals surface area contributed by atoms with E-state index < -0.39 is 0 Å². The zero-order valence-corrected chi connectivity index (χ0v) is 8.75. The van der Waals surface area contributed by atoms with Crippen LogP contribution in [0.1, 0.15) is 26.7 Å². The van der Waals surface area contributed by atoms with Crippen LogP contribution >= 0.6 is 0 Å². The van der Waals surface area contributed by atoms with Crippen LogP contribution in [0.15, 0.2) is 24.3 Å². The van der Waals surface area contributed by atoms with Gasteiger partial charge < -0.3 is 4.74 Å². The minimum absolute atomic E-state index is 0.0764. The Bertz CT molecular complexity index is 316. The summed E-state index contributed by atoms with van der Waals surface area (Å²) in [5, 5.41) is 0. The molecule has 2 aliphatic rings. The van der Waals surface area contributed by atoms with E-state index in [0.717, 1.165) is 12.8 Å². The van der Waals surface area contributed by atoms with Gasteiger partial charge in [0.2, 0.25) is 0 Å². The van der Waals surface area contributed by atoms with Crippen LogP contribution < -0.4 is 0 Å². The van der Waals surface area contributed by atoms with Gasteiger partial charge in [0.25, 0.3) is 0 Å². The van der Waals surface area contributed by atoms with Crippen molar-refractivity contribution in [2.24, 2.45) is 11.3 Å². The van der Waals surface area contributed by atoms with Gasteiger partial charge in [-0.3, -0.25) is 4.79 Å². The molecule has 2 rings (SSSR count). The maximum Gasteiger partial charge on any atom is 0.303 e. The quantitative estimate of drug-likeness (QED) is 0.471. The van der Waals surface area contributed by atoms with E-state index in [-0.39, 0.29) is 17.5 Å². The highest BCUT2D eigenvalue weighted by Crippen LogP contribution is 2.53. The van der Waals surface area contributed by atoms with Crippen molar-refractivity contribution >= 4 is 5.97 Å². The van der Waals surface area contributed by atoms with Crippen LogP contribution in [-0.2, 0) is 9.53 Å². The molecule has 0 bridgehead atoms. The van der Waals surface area contributed by atoms with E-state index in [2.05, 4.69) is 19.6 Å². The molecule has 0 radical (unpaired) electrons. The van der Waals surface area contributed by atoms with E-state index in [9.17, 15) is 4.79 Å². The second kappa shape index (κ2) is 2.97. The number of esters is 1. The Kier molecular flexibility index (Phi) is 2.02. The molecule has 0 aromatic heterocycles. The first-order valence-corrected chi connectivity index (χ1v) is 5.07. The monoisotopic (exact) mass is 192 g/mol. The zero-order valence-electron chi connectivity index (χ0n) is 8.75. The summed E-state index contributed by atoms with van der Waals surface area (Å²) in [5.41, 5.74) is 1.40. The van der Waals surface area contributed by atoms with Crippen molar-refractivity contribution in [2.75, 3.05) is 0 Å². The highest BCUT2D eigenvalue weighted by atomic mass is 16.5. The van der Waals surface area contributed by atoms with Gasteiger partial charge in [0.1, 0.15) is 6.10 Å². The summed E-state index contributed by atoms with van der Waals surface area (Å²) in [7, 11) is 0. The summed E-state index contributed by atoms with van der Waals surface area (Å²) >= 11 is 0. The van der Waals surface area contributed by atoms with Crippen LogP contribution in [0.4, 0.5) is 0 Å². The van der Waals surface area contributed by atoms with E-state index in [0.29, 0.717) is 5.92 Å². The molecule has 0 aliphatic heterocycles. The largest absolute Gasteiger partial charge is 0.458 e. The van der Waals surface area contributed by atoms with Crippen molar-refractivity contribution in [3.8, 4) is 0 Å². The Morgan fingerprint density at radius 3 is 3.07 bits per heavy atom. The molecule has 0 N–H and O–H groups in total. The number of hydrogen-bond acceptors (Lipinski definition) is 2. The highest BCUT2D eigenvalue weighted by Gasteiger charge is 2.47. The van der Waals surface area contributed by atoms with Gasteiger partial charge in [-0.25, -0.2) is 0 Å². The molecule has 1 fully saturated rings. The highest BCUT2D eigenvalue weighted by molar-refractivity contribution is 5.66. The van der Waals surface area contributed by atoms with Gasteiger partial charge in [0.05, 0.1) is 0 Å². The minimum Gasteiger partial charge on any atom is -0.458 e. The fourth-order valence-corrected chi connectivity index (χ4v) is 2.73. The van der Waals surface area contributed by atoms with E-state index in [1.54, 1.807) is 0 Å². The predicted octanol–water partition coefficient (Wildman–Crippen LogP) is 2.46. The molecule has 0 aromatic rings. The van der Waals surface area contributed by atoms with E-state index in [4.69, 9.17) is 4.74 Å². The van der Waals surface area contributed by atoms with Crippen LogP contribution in [-0.4, -0.2) is 12.1 Å². The third-order valence-electron chi connectivity index (χ3n) is 3.43. The first kappa shape index (κ1) is 9.50. The molecule has 0 aromatic carbocycles. The molecule has 0 unspecified atom stereocenters. The molecular formula is C12H16O2. The molecule has 0 spiro atoms. The fourth-order valence-electron chi connectivity index (χ4n) is 2.73. The average molecular weight is 192 g/mol. The first-order valence-electron chi connectivity index (χ1n) is 5.07. The second-order valence-corrected chi connectivity index (χ2v) is 4.57. The molecule has 3 atom stereocenters. The molecule has 2 heteroatoms. The third kappa shape index (κ3) is 1.29. The number of allylic oxidation sites excluding steroid dienone is 1. The lowest BCUT2D eigenvalue weighted by Crippen LogP contribution is -2.27. The van der Waals surface area contributed by atoms with E-state index in [1.165, 1.54) is 12.5 Å². The number of ether oxygens (including phenoxy) is 1. The molecule has 76 valence electrons. The number of fused-ring (bicyclic) bond motifs is 1. The lowest BCUT2D eigenvalue weighted by Gasteiger charge is -2.26. The SMILES string of the molecule is C=C1CC[C@@]2(C)C=C[C@H](OC(C)=O)[C@@H]12. The maximum absolute atomic E-state index is 10.9. The van der Waals surface area contributed by atoms with Gasteiger partial charge in [-0.05, 0) is 24.3 Å². The Labute approximate surface area is 84.6 Å². The van der Waals surface area contributed by atoms with Gasteiger partial charge in [0.15, 0.2) is 0 Å². The Balaban J connectivity index is 2.20. The summed E-state index contributed by atoms with van der Waals surface area (Å²) in [6.07, 6.45) is 6.31. The number of rotatable bonds is 1. The van der Waals surface area contributed by atoms with Crippen molar-refractivity contribution in [2.45, 2.75) is 32.8 Å². The summed E-state index contributed by atoms with van der Waals surface area (Å²) < 4.78 is 5.27. The third-order valence-corrected chi connectivity index (χ3v) is 3.43. The van der Waals surface area contributed by atoms with Crippen LogP contribution in [0.2, 0.25) is 0 Å². The van der Waals surface area contributed by atoms with Gasteiger partial charge in [-0.1, -0.05) is 25.2 Å². The van der Waals surface area contributed by atoms with Gasteiger partial charge in [-0.15, -0.1) is 0 Å². The second-order valence-electron chi connectivity index (χ2n) is 4.57. The lowest BCUT2D eigenvalue weighted by molar-refractivity contribution is -0.146. The standard InChI is InChI=1S/C12H16O2/c1-8-4-6-12(3)7-5-10(11(8)12)14-9(2)13/h5,7,10-11H,1,4,6H2,2-3H3/t10-,11+,12-/m0/s1. The first-order chi connectivity index (χ1) is 6.53.